The van der Waals surface area contributed by atoms with Gasteiger partial charge in [-0.15, -0.1) is 0 Å². The molecule has 0 unspecified atom stereocenters. The molecule has 0 saturated carbocycles. The second kappa shape index (κ2) is 6.07. The molecule has 1 aromatic rings. The lowest BCUT2D eigenvalue weighted by Crippen LogP contribution is -2.41. The molecule has 1 saturated heterocycles. The Morgan fingerprint density at radius 1 is 1.20 bits per heavy atom. The second-order valence-electron chi connectivity index (χ2n) is 5.41. The number of hydrogen-bond donors (Lipinski definition) is 0. The van der Waals surface area contributed by atoms with Crippen LogP contribution in [0.3, 0.4) is 0 Å². The number of Topliss-reactive ketones (excluding diaryl/α,β-unsaturated/α-hetero) is 1. The van der Waals surface area contributed by atoms with E-state index in [0.717, 1.165) is 22.4 Å². The van der Waals surface area contributed by atoms with E-state index in [2.05, 4.69) is 6.07 Å². The molecule has 4 nitrogen and oxygen atoms in total. The molecule has 1 aromatic carbocycles. The number of ketones is 1. The highest BCUT2D eigenvalue weighted by atomic mass is 16.5. The van der Waals surface area contributed by atoms with Crippen molar-refractivity contribution in [1.82, 2.24) is 4.90 Å². The fourth-order valence-electron chi connectivity index (χ4n) is 2.39. The minimum atomic E-state index is -0.0453. The molecule has 4 heteroatoms. The standard InChI is InChI=1S/C16H21NO3/c1-11-8-12(2)13(3)15(9-11)20-10-16(19)17-6-4-14(18)5-7-17/h8-9H,4-7,10H2,1-3H3. The highest BCUT2D eigenvalue weighted by Crippen LogP contribution is 2.23. The third-order valence-corrected chi connectivity index (χ3v) is 3.79. The molecular formula is C16H21NO3. The summed E-state index contributed by atoms with van der Waals surface area (Å²) >= 11 is 0. The fraction of sp³-hybridized carbons (Fsp3) is 0.500. The van der Waals surface area contributed by atoms with Crippen molar-refractivity contribution < 1.29 is 14.3 Å². The molecule has 0 atom stereocenters. The average Bonchev–Trinajstić information content (AvgIpc) is 2.41. The topological polar surface area (TPSA) is 46.6 Å². The molecule has 0 aromatic heterocycles. The predicted molar refractivity (Wildman–Crippen MR) is 77.0 cm³/mol. The summed E-state index contributed by atoms with van der Waals surface area (Å²) in [5.41, 5.74) is 3.35. The van der Waals surface area contributed by atoms with E-state index >= 15 is 0 Å². The average molecular weight is 275 g/mol. The predicted octanol–water partition coefficient (Wildman–Crippen LogP) is 2.18. The van der Waals surface area contributed by atoms with Gasteiger partial charge in [0.25, 0.3) is 5.91 Å². The van der Waals surface area contributed by atoms with Crippen LogP contribution >= 0.6 is 0 Å². The molecule has 1 fully saturated rings. The summed E-state index contributed by atoms with van der Waals surface area (Å²) in [5.74, 6) is 0.958. The number of carbonyl (C=O) groups is 2. The van der Waals surface area contributed by atoms with Gasteiger partial charge in [0.15, 0.2) is 6.61 Å². The van der Waals surface area contributed by atoms with E-state index in [-0.39, 0.29) is 18.3 Å². The first-order chi connectivity index (χ1) is 9.47. The Kier molecular flexibility index (Phi) is 4.42. The monoisotopic (exact) mass is 275 g/mol. The van der Waals surface area contributed by atoms with Gasteiger partial charge in [-0.1, -0.05) is 6.07 Å². The quantitative estimate of drug-likeness (QED) is 0.849. The molecule has 0 spiro atoms. The lowest BCUT2D eigenvalue weighted by atomic mass is 10.1. The van der Waals surface area contributed by atoms with Crippen LogP contribution in [0.2, 0.25) is 0 Å². The number of ether oxygens (including phenoxy) is 1. The van der Waals surface area contributed by atoms with E-state index in [0.29, 0.717) is 25.9 Å². The second-order valence-corrected chi connectivity index (χ2v) is 5.41. The molecular weight excluding hydrogens is 254 g/mol. The highest BCUT2D eigenvalue weighted by molar-refractivity contribution is 5.84. The largest absolute Gasteiger partial charge is 0.483 e. The van der Waals surface area contributed by atoms with Gasteiger partial charge in [0.05, 0.1) is 0 Å². The summed E-state index contributed by atoms with van der Waals surface area (Å²) in [4.78, 5) is 24.9. The van der Waals surface area contributed by atoms with Crippen molar-refractivity contribution in [3.8, 4) is 5.75 Å². The van der Waals surface area contributed by atoms with Gasteiger partial charge in [-0.25, -0.2) is 0 Å². The lowest BCUT2D eigenvalue weighted by Gasteiger charge is -2.26. The smallest absolute Gasteiger partial charge is 0.260 e. The van der Waals surface area contributed by atoms with Gasteiger partial charge in [0, 0.05) is 25.9 Å². The van der Waals surface area contributed by atoms with Crippen molar-refractivity contribution in [3.05, 3.63) is 28.8 Å². The molecule has 108 valence electrons. The first-order valence-corrected chi connectivity index (χ1v) is 6.97. The van der Waals surface area contributed by atoms with Crippen LogP contribution in [0.15, 0.2) is 12.1 Å². The molecule has 0 radical (unpaired) electrons. The van der Waals surface area contributed by atoms with Crippen molar-refractivity contribution in [2.45, 2.75) is 33.6 Å². The highest BCUT2D eigenvalue weighted by Gasteiger charge is 2.21. The zero-order chi connectivity index (χ0) is 14.7. The molecule has 0 bridgehead atoms. The maximum absolute atomic E-state index is 12.0. The Morgan fingerprint density at radius 2 is 1.85 bits per heavy atom. The van der Waals surface area contributed by atoms with Crippen molar-refractivity contribution >= 4 is 11.7 Å². The lowest BCUT2D eigenvalue weighted by molar-refractivity contribution is -0.136. The van der Waals surface area contributed by atoms with Crippen LogP contribution in [0.1, 0.15) is 29.5 Å². The van der Waals surface area contributed by atoms with Crippen molar-refractivity contribution in [2.24, 2.45) is 0 Å². The number of benzene rings is 1. The number of rotatable bonds is 3. The Balaban J connectivity index is 1.95. The van der Waals surface area contributed by atoms with Gasteiger partial charge in [-0.3, -0.25) is 9.59 Å². The number of hydrogen-bond acceptors (Lipinski definition) is 3. The number of carbonyl (C=O) groups excluding carboxylic acids is 2. The van der Waals surface area contributed by atoms with Crippen LogP contribution in [0.5, 0.6) is 5.75 Å². The minimum absolute atomic E-state index is 0.0396. The Morgan fingerprint density at radius 3 is 2.50 bits per heavy atom. The molecule has 1 heterocycles. The van der Waals surface area contributed by atoms with Crippen molar-refractivity contribution in [2.75, 3.05) is 19.7 Å². The molecule has 1 amide bonds. The first kappa shape index (κ1) is 14.6. The Hall–Kier alpha value is -1.84. The van der Waals surface area contributed by atoms with Gasteiger partial charge < -0.3 is 9.64 Å². The molecule has 0 aliphatic carbocycles. The minimum Gasteiger partial charge on any atom is -0.483 e. The summed E-state index contributed by atoms with van der Waals surface area (Å²) in [6.45, 7) is 7.12. The number of nitrogens with zero attached hydrogens (tertiary/aromatic N) is 1. The summed E-state index contributed by atoms with van der Waals surface area (Å²) in [5, 5.41) is 0. The number of amides is 1. The summed E-state index contributed by atoms with van der Waals surface area (Å²) in [7, 11) is 0. The summed E-state index contributed by atoms with van der Waals surface area (Å²) in [6, 6.07) is 4.05. The third kappa shape index (κ3) is 3.38. The van der Waals surface area contributed by atoms with E-state index in [1.54, 1.807) is 4.90 Å². The van der Waals surface area contributed by atoms with Gasteiger partial charge in [0.2, 0.25) is 0 Å². The third-order valence-electron chi connectivity index (χ3n) is 3.79. The van der Waals surface area contributed by atoms with Gasteiger partial charge in [-0.05, 0) is 43.5 Å². The fourth-order valence-corrected chi connectivity index (χ4v) is 2.39. The van der Waals surface area contributed by atoms with Crippen LogP contribution < -0.4 is 4.74 Å². The molecule has 1 aliphatic rings. The number of aryl methyl sites for hydroxylation is 2. The first-order valence-electron chi connectivity index (χ1n) is 6.97. The van der Waals surface area contributed by atoms with Gasteiger partial charge in [0.1, 0.15) is 11.5 Å². The van der Waals surface area contributed by atoms with E-state index < -0.39 is 0 Å². The van der Waals surface area contributed by atoms with Gasteiger partial charge >= 0.3 is 0 Å². The van der Waals surface area contributed by atoms with E-state index in [4.69, 9.17) is 4.74 Å². The number of piperidine rings is 1. The normalized spacial score (nSPS) is 15.3. The molecule has 1 aliphatic heterocycles. The van der Waals surface area contributed by atoms with E-state index in [9.17, 15) is 9.59 Å². The zero-order valence-corrected chi connectivity index (χ0v) is 12.4. The summed E-state index contributed by atoms with van der Waals surface area (Å²) in [6.07, 6.45) is 0.933. The maximum Gasteiger partial charge on any atom is 0.260 e. The Bertz CT molecular complexity index is 527. The maximum atomic E-state index is 12.0. The van der Waals surface area contributed by atoms with E-state index in [1.807, 2.05) is 26.8 Å². The number of likely N-dealkylation sites (tertiary alicyclic amines) is 1. The molecule has 0 N–H and O–H groups in total. The van der Waals surface area contributed by atoms with E-state index in [1.165, 1.54) is 0 Å². The Labute approximate surface area is 119 Å². The van der Waals surface area contributed by atoms with Gasteiger partial charge in [-0.2, -0.15) is 0 Å². The SMILES string of the molecule is Cc1cc(C)c(C)c(OCC(=O)N2CCC(=O)CC2)c1. The zero-order valence-electron chi connectivity index (χ0n) is 12.4. The molecule has 2 rings (SSSR count). The van der Waals surface area contributed by atoms with Crippen molar-refractivity contribution in [3.63, 3.8) is 0 Å². The van der Waals surface area contributed by atoms with Crippen LogP contribution in [0, 0.1) is 20.8 Å². The molecule has 20 heavy (non-hydrogen) atoms. The van der Waals surface area contributed by atoms with Crippen molar-refractivity contribution in [1.29, 1.82) is 0 Å². The van der Waals surface area contributed by atoms with Crippen LogP contribution in [0.25, 0.3) is 0 Å². The summed E-state index contributed by atoms with van der Waals surface area (Å²) < 4.78 is 5.66. The van der Waals surface area contributed by atoms with Crippen LogP contribution in [-0.2, 0) is 9.59 Å². The van der Waals surface area contributed by atoms with Crippen LogP contribution in [-0.4, -0.2) is 36.3 Å². The van der Waals surface area contributed by atoms with Crippen LogP contribution in [0.4, 0.5) is 0 Å².